The van der Waals surface area contributed by atoms with Crippen molar-refractivity contribution < 1.29 is 0 Å². The Kier molecular flexibility index (Phi) is 7.82. The average molecular weight is 241 g/mol. The number of likely N-dealkylation sites (N-methyl/N-ethyl adjacent to an activating group) is 1. The first-order valence-corrected chi connectivity index (χ1v) is 7.33. The Labute approximate surface area is 108 Å². The maximum absolute atomic E-state index is 3.47. The Hall–Kier alpha value is -0.120. The van der Waals surface area contributed by atoms with Crippen LogP contribution in [-0.2, 0) is 0 Å². The van der Waals surface area contributed by atoms with Crippen LogP contribution in [0.5, 0.6) is 0 Å². The van der Waals surface area contributed by atoms with Crippen LogP contribution in [0.25, 0.3) is 0 Å². The maximum atomic E-state index is 3.47. The first-order chi connectivity index (χ1) is 8.24. The van der Waals surface area contributed by atoms with Crippen molar-refractivity contribution in [1.29, 1.82) is 0 Å². The Morgan fingerprint density at radius 3 is 2.76 bits per heavy atom. The summed E-state index contributed by atoms with van der Waals surface area (Å²) >= 11 is 0. The Balaban J connectivity index is 2.02. The van der Waals surface area contributed by atoms with Gasteiger partial charge in [0.2, 0.25) is 0 Å². The van der Waals surface area contributed by atoms with Crippen LogP contribution in [0.1, 0.15) is 39.0 Å². The first-order valence-electron chi connectivity index (χ1n) is 7.33. The molecular formula is C14H31N3. The Morgan fingerprint density at radius 2 is 2.06 bits per heavy atom. The van der Waals surface area contributed by atoms with E-state index in [0.29, 0.717) is 0 Å². The minimum absolute atomic E-state index is 0.780. The van der Waals surface area contributed by atoms with E-state index in [4.69, 9.17) is 0 Å². The van der Waals surface area contributed by atoms with E-state index in [1.165, 1.54) is 64.8 Å². The molecule has 1 aliphatic heterocycles. The molecule has 102 valence electrons. The summed E-state index contributed by atoms with van der Waals surface area (Å²) < 4.78 is 0. The predicted octanol–water partition coefficient (Wildman–Crippen LogP) is 1.79. The summed E-state index contributed by atoms with van der Waals surface area (Å²) in [7, 11) is 4.42. The summed E-state index contributed by atoms with van der Waals surface area (Å²) in [5.74, 6) is 0. The summed E-state index contributed by atoms with van der Waals surface area (Å²) in [5, 5.41) is 3.47. The van der Waals surface area contributed by atoms with Gasteiger partial charge in [-0.05, 0) is 72.4 Å². The molecule has 0 aromatic rings. The number of rotatable bonds is 8. The molecule has 0 amide bonds. The van der Waals surface area contributed by atoms with Crippen molar-refractivity contribution in [3.63, 3.8) is 0 Å². The van der Waals surface area contributed by atoms with E-state index in [2.05, 4.69) is 36.1 Å². The zero-order chi connectivity index (χ0) is 12.5. The molecule has 0 spiro atoms. The Morgan fingerprint density at radius 1 is 1.24 bits per heavy atom. The molecule has 0 bridgehead atoms. The van der Waals surface area contributed by atoms with Crippen LogP contribution in [0.4, 0.5) is 0 Å². The Bertz CT molecular complexity index is 182. The second-order valence-electron chi connectivity index (χ2n) is 5.52. The molecule has 1 unspecified atom stereocenters. The lowest BCUT2D eigenvalue weighted by Gasteiger charge is -2.36. The van der Waals surface area contributed by atoms with Crippen LogP contribution in [0.2, 0.25) is 0 Å². The molecule has 0 saturated carbocycles. The smallest absolute Gasteiger partial charge is 0.0217 e. The standard InChI is InChI=1S/C14H31N3/c1-4-9-15-10-5-6-11-17-12-7-8-14(13-17)16(2)3/h14-15H,4-13H2,1-3H3. The molecule has 1 N–H and O–H groups in total. The summed E-state index contributed by atoms with van der Waals surface area (Å²) in [5.41, 5.74) is 0. The third kappa shape index (κ3) is 6.39. The third-order valence-electron chi connectivity index (χ3n) is 3.72. The molecule has 3 heteroatoms. The van der Waals surface area contributed by atoms with Gasteiger partial charge in [0.15, 0.2) is 0 Å². The van der Waals surface area contributed by atoms with Gasteiger partial charge in [0.1, 0.15) is 0 Å². The number of piperidine rings is 1. The van der Waals surface area contributed by atoms with Gasteiger partial charge in [-0.2, -0.15) is 0 Å². The van der Waals surface area contributed by atoms with Gasteiger partial charge in [-0.1, -0.05) is 6.92 Å². The third-order valence-corrected chi connectivity index (χ3v) is 3.72. The van der Waals surface area contributed by atoms with E-state index in [0.717, 1.165) is 6.04 Å². The van der Waals surface area contributed by atoms with E-state index in [1.807, 2.05) is 0 Å². The summed E-state index contributed by atoms with van der Waals surface area (Å²) in [6.07, 6.45) is 6.66. The molecule has 0 aromatic carbocycles. The fourth-order valence-electron chi connectivity index (χ4n) is 2.54. The van der Waals surface area contributed by atoms with Crippen LogP contribution < -0.4 is 5.32 Å². The van der Waals surface area contributed by atoms with E-state index in [-0.39, 0.29) is 0 Å². The molecule has 17 heavy (non-hydrogen) atoms. The lowest BCUT2D eigenvalue weighted by Crippen LogP contribution is -2.45. The van der Waals surface area contributed by atoms with Gasteiger partial charge in [-0.25, -0.2) is 0 Å². The van der Waals surface area contributed by atoms with Gasteiger partial charge in [-0.15, -0.1) is 0 Å². The van der Waals surface area contributed by atoms with Gasteiger partial charge in [0.25, 0.3) is 0 Å². The van der Waals surface area contributed by atoms with Gasteiger partial charge in [0, 0.05) is 12.6 Å². The van der Waals surface area contributed by atoms with Crippen LogP contribution in [0.15, 0.2) is 0 Å². The summed E-state index contributed by atoms with van der Waals surface area (Å²) in [6.45, 7) is 8.47. The van der Waals surface area contributed by atoms with E-state index in [9.17, 15) is 0 Å². The van der Waals surface area contributed by atoms with Crippen LogP contribution in [0, 0.1) is 0 Å². The molecule has 1 rings (SSSR count). The number of nitrogens with one attached hydrogen (secondary N) is 1. The molecule has 0 aromatic heterocycles. The van der Waals surface area contributed by atoms with Crippen molar-refractivity contribution in [2.75, 3.05) is 46.8 Å². The number of hydrogen-bond donors (Lipinski definition) is 1. The second kappa shape index (κ2) is 8.90. The number of hydrogen-bond acceptors (Lipinski definition) is 3. The number of unbranched alkanes of at least 4 members (excludes halogenated alkanes) is 1. The lowest BCUT2D eigenvalue weighted by molar-refractivity contribution is 0.131. The highest BCUT2D eigenvalue weighted by molar-refractivity contribution is 4.77. The summed E-state index contributed by atoms with van der Waals surface area (Å²) in [4.78, 5) is 5.03. The SMILES string of the molecule is CCCNCCCCN1CCCC(N(C)C)C1. The number of nitrogens with zero attached hydrogens (tertiary/aromatic N) is 2. The number of likely N-dealkylation sites (tertiary alicyclic amines) is 1. The van der Waals surface area contributed by atoms with Crippen molar-refractivity contribution in [1.82, 2.24) is 15.1 Å². The highest BCUT2D eigenvalue weighted by Gasteiger charge is 2.20. The van der Waals surface area contributed by atoms with Crippen molar-refractivity contribution in [3.8, 4) is 0 Å². The van der Waals surface area contributed by atoms with Crippen molar-refractivity contribution in [2.45, 2.75) is 45.1 Å². The van der Waals surface area contributed by atoms with Gasteiger partial charge in [0.05, 0.1) is 0 Å². The summed E-state index contributed by atoms with van der Waals surface area (Å²) in [6, 6.07) is 0.780. The first kappa shape index (κ1) is 14.9. The normalized spacial score (nSPS) is 22.2. The van der Waals surface area contributed by atoms with Gasteiger partial charge >= 0.3 is 0 Å². The molecule has 3 nitrogen and oxygen atoms in total. The zero-order valence-electron chi connectivity index (χ0n) is 12.0. The van der Waals surface area contributed by atoms with E-state index >= 15 is 0 Å². The monoisotopic (exact) mass is 241 g/mol. The van der Waals surface area contributed by atoms with Crippen LogP contribution in [0.3, 0.4) is 0 Å². The van der Waals surface area contributed by atoms with Crippen molar-refractivity contribution in [2.24, 2.45) is 0 Å². The van der Waals surface area contributed by atoms with Crippen LogP contribution in [-0.4, -0.2) is 62.7 Å². The molecule has 1 aliphatic rings. The van der Waals surface area contributed by atoms with Gasteiger partial charge < -0.3 is 15.1 Å². The molecule has 1 saturated heterocycles. The van der Waals surface area contributed by atoms with Gasteiger partial charge in [-0.3, -0.25) is 0 Å². The topological polar surface area (TPSA) is 18.5 Å². The molecule has 0 aliphatic carbocycles. The molecular weight excluding hydrogens is 210 g/mol. The fourth-order valence-corrected chi connectivity index (χ4v) is 2.54. The molecule has 1 atom stereocenters. The quantitative estimate of drug-likeness (QED) is 0.654. The molecule has 1 heterocycles. The fraction of sp³-hybridized carbons (Fsp3) is 1.00. The van der Waals surface area contributed by atoms with Crippen LogP contribution >= 0.6 is 0 Å². The maximum Gasteiger partial charge on any atom is 0.0217 e. The second-order valence-corrected chi connectivity index (χ2v) is 5.52. The highest BCUT2D eigenvalue weighted by atomic mass is 15.2. The minimum Gasteiger partial charge on any atom is -0.317 e. The zero-order valence-corrected chi connectivity index (χ0v) is 12.0. The largest absolute Gasteiger partial charge is 0.317 e. The minimum atomic E-state index is 0.780. The highest BCUT2D eigenvalue weighted by Crippen LogP contribution is 2.13. The van der Waals surface area contributed by atoms with Crippen molar-refractivity contribution in [3.05, 3.63) is 0 Å². The van der Waals surface area contributed by atoms with E-state index < -0.39 is 0 Å². The molecule has 1 fully saturated rings. The average Bonchev–Trinajstić information content (AvgIpc) is 2.34. The molecule has 0 radical (unpaired) electrons. The van der Waals surface area contributed by atoms with Crippen molar-refractivity contribution >= 4 is 0 Å². The lowest BCUT2D eigenvalue weighted by atomic mass is 10.0. The van der Waals surface area contributed by atoms with E-state index in [1.54, 1.807) is 0 Å². The predicted molar refractivity (Wildman–Crippen MR) is 75.5 cm³/mol.